The molecule has 0 aromatic heterocycles. The molecule has 0 unspecified atom stereocenters. The second-order valence-electron chi connectivity index (χ2n) is 7.92. The molecular weight excluding hydrogens is 554 g/mol. The Morgan fingerprint density at radius 2 is 1.74 bits per heavy atom. The number of aliphatic hydroxyl groups is 1. The van der Waals surface area contributed by atoms with Crippen LogP contribution in [0.3, 0.4) is 0 Å². The number of amides is 2. The number of rotatable bonds is 12. The third-order valence-corrected chi connectivity index (χ3v) is 5.74. The van der Waals surface area contributed by atoms with E-state index in [2.05, 4.69) is 26.6 Å². The number of anilines is 3. The van der Waals surface area contributed by atoms with E-state index >= 15 is 0 Å². The number of nitrogen functional groups attached to an aromatic ring is 1. The largest absolute Gasteiger partial charge is 0.491 e. The summed E-state index contributed by atoms with van der Waals surface area (Å²) in [6.45, 7) is 1.92. The van der Waals surface area contributed by atoms with Crippen molar-refractivity contribution in [1.29, 1.82) is 0 Å². The molecule has 2 atom stereocenters. The average Bonchev–Trinajstić information content (AvgIpc) is 2.91. The zero-order valence-electron chi connectivity index (χ0n) is 20.8. The van der Waals surface area contributed by atoms with E-state index in [1.54, 1.807) is 79.7 Å². The SMILES string of the molecule is CCO[C@@H](/C=C/C(=O)Nc1ccccc1N)[C@@H](OC(=O)Nc1ccc(Br)cc1)c1ccccc1OCCO. The van der Waals surface area contributed by atoms with Crippen LogP contribution in [0.25, 0.3) is 0 Å². The fourth-order valence-corrected chi connectivity index (χ4v) is 3.77. The summed E-state index contributed by atoms with van der Waals surface area (Å²) in [5.74, 6) is -0.0295. The smallest absolute Gasteiger partial charge is 0.412 e. The highest BCUT2D eigenvalue weighted by molar-refractivity contribution is 9.10. The molecule has 9 nitrogen and oxygen atoms in total. The maximum atomic E-state index is 12.9. The van der Waals surface area contributed by atoms with E-state index in [9.17, 15) is 14.7 Å². The van der Waals surface area contributed by atoms with Crippen LogP contribution in [0, 0.1) is 0 Å². The molecule has 0 radical (unpaired) electrons. The second kappa shape index (κ2) is 14.8. The molecule has 0 saturated carbocycles. The molecule has 0 fully saturated rings. The summed E-state index contributed by atoms with van der Waals surface area (Å²) in [6.07, 6.45) is 0.235. The molecular formula is C28H30BrN3O6. The lowest BCUT2D eigenvalue weighted by Gasteiger charge is -2.27. The van der Waals surface area contributed by atoms with Crippen molar-refractivity contribution >= 4 is 45.0 Å². The van der Waals surface area contributed by atoms with Crippen molar-refractivity contribution in [3.63, 3.8) is 0 Å². The molecule has 2 amide bonds. The van der Waals surface area contributed by atoms with Crippen LogP contribution in [0.2, 0.25) is 0 Å². The van der Waals surface area contributed by atoms with E-state index in [0.29, 0.717) is 28.4 Å². The third kappa shape index (κ3) is 8.62. The normalized spacial score (nSPS) is 12.5. The minimum Gasteiger partial charge on any atom is -0.491 e. The molecule has 0 heterocycles. The molecule has 3 rings (SSSR count). The molecule has 0 aliphatic carbocycles. The van der Waals surface area contributed by atoms with Crippen molar-refractivity contribution in [3.05, 3.63) is 95.0 Å². The van der Waals surface area contributed by atoms with Gasteiger partial charge in [-0.3, -0.25) is 10.1 Å². The lowest BCUT2D eigenvalue weighted by molar-refractivity contribution is -0.112. The number of halogens is 1. The number of nitrogens with two attached hydrogens (primary N) is 1. The van der Waals surface area contributed by atoms with Crippen LogP contribution in [0.1, 0.15) is 18.6 Å². The number of hydrogen-bond acceptors (Lipinski definition) is 7. The number of carbonyl (C=O) groups excluding carboxylic acids is 2. The predicted molar refractivity (Wildman–Crippen MR) is 150 cm³/mol. The number of para-hydroxylation sites is 3. The Labute approximate surface area is 229 Å². The van der Waals surface area contributed by atoms with Crippen molar-refractivity contribution in [2.75, 3.05) is 36.2 Å². The fraction of sp³-hybridized carbons (Fsp3) is 0.214. The van der Waals surface area contributed by atoms with E-state index in [1.165, 1.54) is 12.2 Å². The minimum atomic E-state index is -0.994. The van der Waals surface area contributed by atoms with Gasteiger partial charge in [0.1, 0.15) is 18.5 Å². The third-order valence-electron chi connectivity index (χ3n) is 5.21. The number of nitrogens with one attached hydrogen (secondary N) is 2. The van der Waals surface area contributed by atoms with Crippen molar-refractivity contribution in [3.8, 4) is 5.75 Å². The summed E-state index contributed by atoms with van der Waals surface area (Å²) in [4.78, 5) is 25.6. The summed E-state index contributed by atoms with van der Waals surface area (Å²) < 4.78 is 18.3. The quantitative estimate of drug-likeness (QED) is 0.168. The van der Waals surface area contributed by atoms with Gasteiger partial charge in [-0.15, -0.1) is 0 Å². The number of ether oxygens (including phenoxy) is 3. The van der Waals surface area contributed by atoms with Gasteiger partial charge < -0.3 is 30.4 Å². The molecule has 0 aliphatic heterocycles. The number of benzene rings is 3. The maximum Gasteiger partial charge on any atom is 0.412 e. The van der Waals surface area contributed by atoms with E-state index in [4.69, 9.17) is 19.9 Å². The molecule has 0 aliphatic rings. The van der Waals surface area contributed by atoms with Crippen LogP contribution in [0.5, 0.6) is 5.75 Å². The molecule has 0 spiro atoms. The summed E-state index contributed by atoms with van der Waals surface area (Å²) in [5, 5.41) is 14.7. The van der Waals surface area contributed by atoms with Gasteiger partial charge in [0, 0.05) is 28.4 Å². The Morgan fingerprint density at radius 1 is 1.03 bits per heavy atom. The Hall–Kier alpha value is -3.86. The first-order valence-corrected chi connectivity index (χ1v) is 12.7. The van der Waals surface area contributed by atoms with Crippen LogP contribution in [-0.2, 0) is 14.3 Å². The Balaban J connectivity index is 1.88. The van der Waals surface area contributed by atoms with E-state index in [-0.39, 0.29) is 19.8 Å². The summed E-state index contributed by atoms with van der Waals surface area (Å²) in [5.41, 5.74) is 7.85. The zero-order valence-corrected chi connectivity index (χ0v) is 22.4. The van der Waals surface area contributed by atoms with Gasteiger partial charge in [-0.25, -0.2) is 4.79 Å². The summed E-state index contributed by atoms with van der Waals surface area (Å²) in [7, 11) is 0. The van der Waals surface area contributed by atoms with E-state index < -0.39 is 24.2 Å². The van der Waals surface area contributed by atoms with Gasteiger partial charge in [0.25, 0.3) is 0 Å². The van der Waals surface area contributed by atoms with E-state index in [0.717, 1.165) is 4.47 Å². The molecule has 3 aromatic carbocycles. The Bertz CT molecular complexity index is 1240. The number of hydrogen-bond donors (Lipinski definition) is 4. The average molecular weight is 584 g/mol. The molecule has 3 aromatic rings. The van der Waals surface area contributed by atoms with Crippen molar-refractivity contribution in [2.45, 2.75) is 19.1 Å². The highest BCUT2D eigenvalue weighted by Crippen LogP contribution is 2.33. The van der Waals surface area contributed by atoms with Crippen molar-refractivity contribution < 1.29 is 28.9 Å². The van der Waals surface area contributed by atoms with E-state index in [1.807, 2.05) is 0 Å². The van der Waals surface area contributed by atoms with Gasteiger partial charge in [-0.1, -0.05) is 46.3 Å². The molecule has 0 bridgehead atoms. The minimum absolute atomic E-state index is 0.0465. The summed E-state index contributed by atoms with van der Waals surface area (Å²) in [6, 6.07) is 20.9. The molecule has 10 heteroatoms. The predicted octanol–water partition coefficient (Wildman–Crippen LogP) is 5.29. The van der Waals surface area contributed by atoms with Crippen molar-refractivity contribution in [2.24, 2.45) is 0 Å². The van der Waals surface area contributed by atoms with Gasteiger partial charge >= 0.3 is 6.09 Å². The first-order chi connectivity index (χ1) is 18.4. The molecule has 200 valence electrons. The molecule has 38 heavy (non-hydrogen) atoms. The molecule has 0 saturated heterocycles. The van der Waals surface area contributed by atoms with Gasteiger partial charge in [-0.05, 0) is 55.5 Å². The van der Waals surface area contributed by atoms with Gasteiger partial charge in [0.15, 0.2) is 6.10 Å². The van der Waals surface area contributed by atoms with Crippen LogP contribution >= 0.6 is 15.9 Å². The van der Waals surface area contributed by atoms with Crippen LogP contribution < -0.4 is 21.1 Å². The van der Waals surface area contributed by atoms with Gasteiger partial charge in [0.2, 0.25) is 5.91 Å². The first kappa shape index (κ1) is 28.7. The lowest BCUT2D eigenvalue weighted by Crippen LogP contribution is -2.28. The maximum absolute atomic E-state index is 12.9. The Morgan fingerprint density at radius 3 is 2.45 bits per heavy atom. The topological polar surface area (TPSA) is 132 Å². The number of carbonyl (C=O) groups is 2. The van der Waals surface area contributed by atoms with Crippen LogP contribution in [0.4, 0.5) is 21.9 Å². The Kier molecular flexibility index (Phi) is 11.2. The number of aliphatic hydroxyl groups excluding tert-OH is 1. The first-order valence-electron chi connectivity index (χ1n) is 11.9. The molecule has 5 N–H and O–H groups in total. The monoisotopic (exact) mass is 583 g/mol. The van der Waals surface area contributed by atoms with Crippen LogP contribution in [-0.4, -0.2) is 43.0 Å². The van der Waals surface area contributed by atoms with Gasteiger partial charge in [0.05, 0.1) is 18.0 Å². The van der Waals surface area contributed by atoms with Gasteiger partial charge in [-0.2, -0.15) is 0 Å². The standard InChI is InChI=1S/C28H30BrN3O6/c1-2-36-25(15-16-26(34)32-23-9-5-4-8-22(23)30)27(21-7-3-6-10-24(21)37-18-17-33)38-28(35)31-20-13-11-19(29)12-14-20/h3-16,25,27,33H,2,17-18,30H2,1H3,(H,31,35)(H,32,34)/b16-15+/t25-,27-/m0/s1. The lowest BCUT2D eigenvalue weighted by atomic mass is 10.0. The second-order valence-corrected chi connectivity index (χ2v) is 8.84. The summed E-state index contributed by atoms with van der Waals surface area (Å²) >= 11 is 3.36. The van der Waals surface area contributed by atoms with Crippen LogP contribution in [0.15, 0.2) is 89.4 Å². The van der Waals surface area contributed by atoms with Crippen molar-refractivity contribution in [1.82, 2.24) is 0 Å². The zero-order chi connectivity index (χ0) is 27.3. The highest BCUT2D eigenvalue weighted by atomic mass is 79.9. The fourth-order valence-electron chi connectivity index (χ4n) is 3.51. The highest BCUT2D eigenvalue weighted by Gasteiger charge is 2.29.